The van der Waals surface area contributed by atoms with E-state index in [-0.39, 0.29) is 29.8 Å². The summed E-state index contributed by atoms with van der Waals surface area (Å²) in [4.78, 5) is 49.8. The van der Waals surface area contributed by atoms with Gasteiger partial charge in [0, 0.05) is 24.3 Å². The van der Waals surface area contributed by atoms with Crippen LogP contribution in [0.2, 0.25) is 0 Å². The van der Waals surface area contributed by atoms with Gasteiger partial charge in [-0.2, -0.15) is 0 Å². The predicted octanol–water partition coefficient (Wildman–Crippen LogP) is 3.42. The molecule has 0 spiro atoms. The van der Waals surface area contributed by atoms with Gasteiger partial charge in [-0.15, -0.1) is 0 Å². The fourth-order valence-electron chi connectivity index (χ4n) is 5.79. The van der Waals surface area contributed by atoms with Gasteiger partial charge in [-0.1, -0.05) is 44.2 Å². The van der Waals surface area contributed by atoms with Crippen LogP contribution in [0.25, 0.3) is 10.3 Å². The van der Waals surface area contributed by atoms with Gasteiger partial charge in [-0.25, -0.2) is 9.97 Å². The summed E-state index contributed by atoms with van der Waals surface area (Å²) in [6.45, 7) is 8.66. The number of fused-ring (bicyclic) bond motifs is 2. The van der Waals surface area contributed by atoms with E-state index in [1.54, 1.807) is 18.2 Å². The molecule has 1 fully saturated rings. The van der Waals surface area contributed by atoms with Crippen molar-refractivity contribution >= 4 is 39.5 Å². The van der Waals surface area contributed by atoms with Crippen molar-refractivity contribution < 1.29 is 19.5 Å². The highest BCUT2D eigenvalue weighted by molar-refractivity contribution is 7.19. The Morgan fingerprint density at radius 1 is 1.14 bits per heavy atom. The van der Waals surface area contributed by atoms with Crippen LogP contribution in [0.3, 0.4) is 0 Å². The molecule has 0 unspecified atom stereocenters. The number of aryl methyl sites for hydroxylation is 1. The number of carboxylic acid groups (broad SMARTS) is 1. The molecule has 224 valence electrons. The van der Waals surface area contributed by atoms with E-state index >= 15 is 0 Å². The molecule has 0 saturated carbocycles. The SMILES string of the molecule is CN1CC(NC(=O)c2cccc([C@@H](CCNCC(=O)O)NC(=O)c3nc4cc5c(nc4s3)CC[C@H](C(C)(C)C)C5)c2)C1. The lowest BCUT2D eigenvalue weighted by Gasteiger charge is -2.36. The Labute approximate surface area is 250 Å². The molecule has 2 amide bonds. The molecule has 0 bridgehead atoms. The van der Waals surface area contributed by atoms with Crippen molar-refractivity contribution in [2.24, 2.45) is 11.3 Å². The Balaban J connectivity index is 1.33. The predicted molar refractivity (Wildman–Crippen MR) is 163 cm³/mol. The third-order valence-corrected chi connectivity index (χ3v) is 9.27. The zero-order chi connectivity index (χ0) is 30.0. The van der Waals surface area contributed by atoms with Gasteiger partial charge in [0.05, 0.1) is 18.6 Å². The molecule has 11 heteroatoms. The molecule has 3 heterocycles. The number of hydrogen-bond donors (Lipinski definition) is 4. The Kier molecular flexibility index (Phi) is 8.91. The second-order valence-electron chi connectivity index (χ2n) is 12.6. The molecule has 42 heavy (non-hydrogen) atoms. The van der Waals surface area contributed by atoms with Crippen molar-refractivity contribution in [2.75, 3.05) is 33.2 Å². The minimum Gasteiger partial charge on any atom is -0.480 e. The Bertz CT molecular complexity index is 1480. The zero-order valence-corrected chi connectivity index (χ0v) is 25.5. The Morgan fingerprint density at radius 2 is 1.93 bits per heavy atom. The highest BCUT2D eigenvalue weighted by atomic mass is 32.1. The van der Waals surface area contributed by atoms with Crippen LogP contribution in [-0.2, 0) is 17.6 Å². The Morgan fingerprint density at radius 3 is 2.64 bits per heavy atom. The van der Waals surface area contributed by atoms with Crippen LogP contribution in [0, 0.1) is 11.3 Å². The van der Waals surface area contributed by atoms with Gasteiger partial charge in [0.25, 0.3) is 11.8 Å². The molecule has 0 radical (unpaired) electrons. The number of carboxylic acids is 1. The number of nitrogens with one attached hydrogen (secondary N) is 3. The largest absolute Gasteiger partial charge is 0.480 e. The minimum absolute atomic E-state index is 0.125. The maximum Gasteiger partial charge on any atom is 0.317 e. The van der Waals surface area contributed by atoms with Gasteiger partial charge in [-0.05, 0) is 79.9 Å². The fraction of sp³-hybridized carbons (Fsp3) is 0.516. The van der Waals surface area contributed by atoms with Crippen LogP contribution in [0.4, 0.5) is 0 Å². The number of amides is 2. The summed E-state index contributed by atoms with van der Waals surface area (Å²) in [7, 11) is 2.01. The molecule has 1 saturated heterocycles. The summed E-state index contributed by atoms with van der Waals surface area (Å²) >= 11 is 1.28. The van der Waals surface area contributed by atoms with Crippen molar-refractivity contribution in [3.8, 4) is 0 Å². The van der Waals surface area contributed by atoms with Crippen LogP contribution in [0.1, 0.15) is 76.6 Å². The topological polar surface area (TPSA) is 137 Å². The van der Waals surface area contributed by atoms with E-state index in [0.29, 0.717) is 29.5 Å². The number of carbonyl (C=O) groups is 3. The lowest BCUT2D eigenvalue weighted by Crippen LogP contribution is -2.57. The van der Waals surface area contributed by atoms with E-state index in [2.05, 4.69) is 52.7 Å². The summed E-state index contributed by atoms with van der Waals surface area (Å²) < 4.78 is 0. The van der Waals surface area contributed by atoms with E-state index in [4.69, 9.17) is 10.1 Å². The van der Waals surface area contributed by atoms with E-state index in [0.717, 1.165) is 54.0 Å². The van der Waals surface area contributed by atoms with Gasteiger partial charge in [-0.3, -0.25) is 14.4 Å². The number of carbonyl (C=O) groups excluding carboxylic acids is 2. The third-order valence-electron chi connectivity index (χ3n) is 8.31. The number of likely N-dealkylation sites (N-methyl/N-ethyl adjacent to an activating group) is 1. The molecule has 2 aliphatic rings. The second kappa shape index (κ2) is 12.4. The van der Waals surface area contributed by atoms with Gasteiger partial charge >= 0.3 is 5.97 Å². The van der Waals surface area contributed by atoms with Crippen molar-refractivity contribution in [1.29, 1.82) is 0 Å². The number of pyridine rings is 1. The summed E-state index contributed by atoms with van der Waals surface area (Å²) in [5.41, 5.74) is 4.56. The second-order valence-corrected chi connectivity index (χ2v) is 13.6. The molecule has 1 aromatic carbocycles. The first kappa shape index (κ1) is 30.1. The van der Waals surface area contributed by atoms with Crippen molar-refractivity contribution in [3.63, 3.8) is 0 Å². The number of aliphatic carboxylic acids is 1. The summed E-state index contributed by atoms with van der Waals surface area (Å²) in [5, 5.41) is 18.4. The smallest absolute Gasteiger partial charge is 0.317 e. The highest BCUT2D eigenvalue weighted by Gasteiger charge is 2.30. The molecule has 5 rings (SSSR count). The van der Waals surface area contributed by atoms with E-state index < -0.39 is 12.0 Å². The highest BCUT2D eigenvalue weighted by Crippen LogP contribution is 2.38. The summed E-state index contributed by atoms with van der Waals surface area (Å²) in [6, 6.07) is 8.99. The van der Waals surface area contributed by atoms with Crippen molar-refractivity contribution in [3.05, 3.63) is 57.7 Å². The maximum absolute atomic E-state index is 13.5. The lowest BCUT2D eigenvalue weighted by atomic mass is 9.71. The van der Waals surface area contributed by atoms with Crippen LogP contribution < -0.4 is 16.0 Å². The van der Waals surface area contributed by atoms with Crippen molar-refractivity contribution in [1.82, 2.24) is 30.8 Å². The number of hydrogen-bond acceptors (Lipinski definition) is 8. The van der Waals surface area contributed by atoms with Crippen molar-refractivity contribution in [2.45, 2.75) is 58.5 Å². The molecule has 3 aromatic rings. The summed E-state index contributed by atoms with van der Waals surface area (Å²) in [5.74, 6) is -0.846. The molecular formula is C31H40N6O4S. The molecule has 1 aliphatic heterocycles. The van der Waals surface area contributed by atoms with E-state index in [9.17, 15) is 14.4 Å². The van der Waals surface area contributed by atoms with Crippen LogP contribution in [0.5, 0.6) is 0 Å². The van der Waals surface area contributed by atoms with E-state index in [1.807, 2.05) is 13.1 Å². The first-order valence-electron chi connectivity index (χ1n) is 14.6. The normalized spacial score (nSPS) is 18.2. The first-order valence-corrected chi connectivity index (χ1v) is 15.4. The average molecular weight is 593 g/mol. The monoisotopic (exact) mass is 592 g/mol. The van der Waals surface area contributed by atoms with Gasteiger partial charge in [0.2, 0.25) is 0 Å². The van der Waals surface area contributed by atoms with Gasteiger partial charge in [0.15, 0.2) is 5.01 Å². The first-order chi connectivity index (χ1) is 20.0. The van der Waals surface area contributed by atoms with Crippen LogP contribution >= 0.6 is 11.3 Å². The Hall–Kier alpha value is -3.41. The fourth-order valence-corrected chi connectivity index (χ4v) is 6.63. The number of likely N-dealkylation sites (tertiary alicyclic amines) is 1. The van der Waals surface area contributed by atoms with Crippen LogP contribution in [0.15, 0.2) is 30.3 Å². The van der Waals surface area contributed by atoms with Gasteiger partial charge in [0.1, 0.15) is 10.3 Å². The van der Waals surface area contributed by atoms with E-state index in [1.165, 1.54) is 16.9 Å². The number of rotatable bonds is 10. The zero-order valence-electron chi connectivity index (χ0n) is 24.7. The van der Waals surface area contributed by atoms with Crippen LogP contribution in [-0.4, -0.2) is 77.0 Å². The number of thiazole rings is 1. The molecule has 4 N–H and O–H groups in total. The molecular weight excluding hydrogens is 552 g/mol. The molecule has 2 atom stereocenters. The summed E-state index contributed by atoms with van der Waals surface area (Å²) in [6.07, 6.45) is 3.43. The maximum atomic E-state index is 13.5. The standard InChI is InChI=1S/C31H40N6O4S/c1-31(2,3)21-8-9-23-20(13-21)14-25-29(35-23)42-30(36-25)28(41)34-24(10-11-32-15-26(38)39)18-6-5-7-19(12-18)27(40)33-22-16-37(4)17-22/h5-7,12,14,21-22,24,32H,8-11,13,15-17H2,1-4H3,(H,33,40)(H,34,41)(H,38,39)/t21-,24+/m0/s1. The average Bonchev–Trinajstić information content (AvgIpc) is 3.34. The number of benzene rings is 1. The van der Waals surface area contributed by atoms with Gasteiger partial charge < -0.3 is 26.0 Å². The quantitative estimate of drug-likeness (QED) is 0.263. The molecule has 1 aliphatic carbocycles. The molecule has 2 aromatic heterocycles. The minimum atomic E-state index is -0.950. The number of nitrogens with zero attached hydrogens (tertiary/aromatic N) is 3. The number of aromatic nitrogens is 2. The lowest BCUT2D eigenvalue weighted by molar-refractivity contribution is -0.135. The molecule has 10 nitrogen and oxygen atoms in total. The third kappa shape index (κ3) is 7.14.